The quantitative estimate of drug-likeness (QED) is 0.597. The summed E-state index contributed by atoms with van der Waals surface area (Å²) in [4.78, 5) is 37.5. The summed E-state index contributed by atoms with van der Waals surface area (Å²) in [5.41, 5.74) is 0.594. The molecule has 27 heavy (non-hydrogen) atoms. The number of nitrogens with one attached hydrogen (secondary N) is 2. The van der Waals surface area contributed by atoms with E-state index in [-0.39, 0.29) is 11.7 Å². The molecule has 0 bridgehead atoms. The predicted octanol–water partition coefficient (Wildman–Crippen LogP) is 3.00. The molecule has 7 nitrogen and oxygen atoms in total. The molecule has 0 radical (unpaired) electrons. The number of carboxylic acids is 1. The number of rotatable bonds is 9. The summed E-state index contributed by atoms with van der Waals surface area (Å²) in [7, 11) is 0. The number of aliphatic carboxylic acids is 1. The Balaban J connectivity index is 1.80. The number of carboxylic acid groups (broad SMARTS) is 1. The highest BCUT2D eigenvalue weighted by Gasteiger charge is 2.28. The molecule has 0 aliphatic carbocycles. The summed E-state index contributed by atoms with van der Waals surface area (Å²) in [6.07, 6.45) is 2.24. The number of carbonyl (C=O) groups is 3. The van der Waals surface area contributed by atoms with Crippen molar-refractivity contribution in [2.75, 3.05) is 25.0 Å². The van der Waals surface area contributed by atoms with Crippen molar-refractivity contribution in [3.8, 4) is 0 Å². The Bertz CT molecular complexity index is 665. The van der Waals surface area contributed by atoms with Crippen LogP contribution >= 0.6 is 11.6 Å². The Morgan fingerprint density at radius 1 is 1.30 bits per heavy atom. The van der Waals surface area contributed by atoms with Crippen molar-refractivity contribution in [3.05, 3.63) is 29.3 Å². The van der Waals surface area contributed by atoms with Gasteiger partial charge in [-0.3, -0.25) is 9.59 Å². The van der Waals surface area contributed by atoms with Crippen molar-refractivity contribution in [2.45, 2.75) is 38.6 Å². The highest BCUT2D eigenvalue weighted by atomic mass is 35.5. The number of carbonyl (C=O) groups excluding carboxylic acids is 2. The Labute approximate surface area is 164 Å². The summed E-state index contributed by atoms with van der Waals surface area (Å²) < 4.78 is 0. The Morgan fingerprint density at radius 2 is 2.00 bits per heavy atom. The van der Waals surface area contributed by atoms with Gasteiger partial charge in [0.15, 0.2) is 5.78 Å². The number of Topliss-reactive ketones (excluding diaryl/α,β-unsaturated/α-hetero) is 1. The van der Waals surface area contributed by atoms with E-state index in [0.29, 0.717) is 42.9 Å². The van der Waals surface area contributed by atoms with E-state index in [1.165, 1.54) is 0 Å². The zero-order valence-corrected chi connectivity index (χ0v) is 16.2. The molecule has 1 aliphatic rings. The van der Waals surface area contributed by atoms with Gasteiger partial charge in [-0.15, -0.1) is 0 Å². The number of hydrogen-bond acceptors (Lipinski definition) is 4. The first-order valence-corrected chi connectivity index (χ1v) is 9.57. The maximum atomic E-state index is 12.2. The highest BCUT2D eigenvalue weighted by Crippen LogP contribution is 2.17. The molecule has 1 fully saturated rings. The van der Waals surface area contributed by atoms with Gasteiger partial charge in [-0.25, -0.2) is 4.79 Å². The van der Waals surface area contributed by atoms with Gasteiger partial charge < -0.3 is 20.6 Å². The largest absolute Gasteiger partial charge is 0.481 e. The van der Waals surface area contributed by atoms with Gasteiger partial charge in [0.2, 0.25) is 0 Å². The van der Waals surface area contributed by atoms with Crippen LogP contribution in [-0.4, -0.2) is 53.5 Å². The average Bonchev–Trinajstić information content (AvgIpc) is 3.11. The van der Waals surface area contributed by atoms with E-state index >= 15 is 0 Å². The van der Waals surface area contributed by atoms with E-state index in [2.05, 4.69) is 15.5 Å². The van der Waals surface area contributed by atoms with Gasteiger partial charge in [-0.05, 0) is 56.6 Å². The normalized spacial score (nSPS) is 18.1. The molecule has 1 aromatic carbocycles. The zero-order valence-electron chi connectivity index (χ0n) is 15.4. The number of likely N-dealkylation sites (tertiary alicyclic amines) is 1. The summed E-state index contributed by atoms with van der Waals surface area (Å²) >= 11 is 5.82. The number of urea groups is 1. The van der Waals surface area contributed by atoms with E-state index in [4.69, 9.17) is 16.7 Å². The topological polar surface area (TPSA) is 98.7 Å². The van der Waals surface area contributed by atoms with E-state index in [1.807, 2.05) is 0 Å². The van der Waals surface area contributed by atoms with Crippen LogP contribution in [-0.2, 0) is 9.59 Å². The van der Waals surface area contributed by atoms with Gasteiger partial charge in [0.1, 0.15) is 0 Å². The third kappa shape index (κ3) is 6.84. The summed E-state index contributed by atoms with van der Waals surface area (Å²) in [5.74, 6) is -1.08. The minimum absolute atomic E-state index is 0.0221. The van der Waals surface area contributed by atoms with Crippen LogP contribution in [0.4, 0.5) is 10.5 Å². The molecule has 3 N–H and O–H groups in total. The molecular weight excluding hydrogens is 370 g/mol. The van der Waals surface area contributed by atoms with Crippen LogP contribution in [0.1, 0.15) is 32.6 Å². The molecular formula is C19H26ClN3O4. The summed E-state index contributed by atoms with van der Waals surface area (Å²) in [6.45, 7) is 3.80. The molecule has 148 valence electrons. The van der Waals surface area contributed by atoms with Crippen molar-refractivity contribution in [2.24, 2.45) is 5.92 Å². The van der Waals surface area contributed by atoms with Gasteiger partial charge in [0.05, 0.1) is 12.0 Å². The first-order chi connectivity index (χ1) is 12.9. The second-order valence-corrected chi connectivity index (χ2v) is 7.18. The second kappa shape index (κ2) is 10.3. The fourth-order valence-corrected chi connectivity index (χ4v) is 3.30. The monoisotopic (exact) mass is 395 g/mol. The van der Waals surface area contributed by atoms with E-state index in [0.717, 1.165) is 13.1 Å². The zero-order chi connectivity index (χ0) is 19.8. The van der Waals surface area contributed by atoms with E-state index in [1.54, 1.807) is 31.2 Å². The molecule has 2 amide bonds. The Hall–Kier alpha value is -2.12. The molecule has 1 saturated heterocycles. The molecule has 0 spiro atoms. The lowest BCUT2D eigenvalue weighted by Crippen LogP contribution is -2.43. The molecule has 2 unspecified atom stereocenters. The fourth-order valence-electron chi connectivity index (χ4n) is 3.18. The first-order valence-electron chi connectivity index (χ1n) is 9.20. The van der Waals surface area contributed by atoms with Crippen LogP contribution in [0.3, 0.4) is 0 Å². The third-order valence-electron chi connectivity index (χ3n) is 4.73. The van der Waals surface area contributed by atoms with Crippen molar-refractivity contribution >= 4 is 35.1 Å². The first kappa shape index (κ1) is 21.2. The number of hydrogen-bond donors (Lipinski definition) is 3. The fraction of sp³-hybridized carbons (Fsp3) is 0.526. The molecule has 8 heteroatoms. The number of benzene rings is 1. The van der Waals surface area contributed by atoms with Crippen LogP contribution in [0.2, 0.25) is 5.02 Å². The third-order valence-corrected chi connectivity index (χ3v) is 4.99. The van der Waals surface area contributed by atoms with Gasteiger partial charge in [-0.1, -0.05) is 18.5 Å². The SMILES string of the molecule is CCC(=O)C(CCCN1CCC(C(=O)O)C1)NC(=O)Nc1ccc(Cl)cc1. The second-order valence-electron chi connectivity index (χ2n) is 6.74. The van der Waals surface area contributed by atoms with Crippen LogP contribution < -0.4 is 10.6 Å². The number of halogens is 1. The lowest BCUT2D eigenvalue weighted by Gasteiger charge is -2.20. The summed E-state index contributed by atoms with van der Waals surface area (Å²) in [6, 6.07) is 5.73. The molecule has 0 aromatic heterocycles. The van der Waals surface area contributed by atoms with Crippen molar-refractivity contribution in [1.29, 1.82) is 0 Å². The smallest absolute Gasteiger partial charge is 0.319 e. The minimum atomic E-state index is -0.753. The number of amides is 2. The molecule has 1 aliphatic heterocycles. The average molecular weight is 396 g/mol. The lowest BCUT2D eigenvalue weighted by molar-refractivity contribution is -0.141. The van der Waals surface area contributed by atoms with Gasteiger partial charge in [0.25, 0.3) is 0 Å². The molecule has 1 aromatic rings. The van der Waals surface area contributed by atoms with Gasteiger partial charge in [-0.2, -0.15) is 0 Å². The van der Waals surface area contributed by atoms with Crippen LogP contribution in [0.25, 0.3) is 0 Å². The molecule has 0 saturated carbocycles. The van der Waals surface area contributed by atoms with Gasteiger partial charge in [0, 0.05) is 23.7 Å². The molecule has 2 rings (SSSR count). The Kier molecular flexibility index (Phi) is 8.06. The maximum absolute atomic E-state index is 12.2. The van der Waals surface area contributed by atoms with Crippen LogP contribution in [0.5, 0.6) is 0 Å². The van der Waals surface area contributed by atoms with Gasteiger partial charge >= 0.3 is 12.0 Å². The number of anilines is 1. The number of ketones is 1. The van der Waals surface area contributed by atoms with E-state index < -0.39 is 18.0 Å². The van der Waals surface area contributed by atoms with Crippen molar-refractivity contribution in [1.82, 2.24) is 10.2 Å². The van der Waals surface area contributed by atoms with Crippen molar-refractivity contribution in [3.63, 3.8) is 0 Å². The predicted molar refractivity (Wildman–Crippen MR) is 104 cm³/mol. The summed E-state index contributed by atoms with van der Waals surface area (Å²) in [5, 5.41) is 15.1. The number of nitrogens with zero attached hydrogens (tertiary/aromatic N) is 1. The molecule has 2 atom stereocenters. The minimum Gasteiger partial charge on any atom is -0.481 e. The standard InChI is InChI=1S/C19H26ClN3O4/c1-2-17(24)16(4-3-10-23-11-9-13(12-23)18(25)26)22-19(27)21-15-7-5-14(20)6-8-15/h5-8,13,16H,2-4,9-12H2,1H3,(H,25,26)(H2,21,22,27). The maximum Gasteiger partial charge on any atom is 0.319 e. The van der Waals surface area contributed by atoms with Crippen molar-refractivity contribution < 1.29 is 19.5 Å². The van der Waals surface area contributed by atoms with Crippen LogP contribution in [0, 0.1) is 5.92 Å². The lowest BCUT2D eigenvalue weighted by atomic mass is 10.0. The van der Waals surface area contributed by atoms with E-state index in [9.17, 15) is 14.4 Å². The Morgan fingerprint density at radius 3 is 2.59 bits per heavy atom. The highest BCUT2D eigenvalue weighted by molar-refractivity contribution is 6.30. The molecule has 1 heterocycles. The van der Waals surface area contributed by atoms with Crippen LogP contribution in [0.15, 0.2) is 24.3 Å².